The molecule has 134 valence electrons. The van der Waals surface area contributed by atoms with Crippen LogP contribution in [0.4, 0.5) is 0 Å². The molecule has 0 aliphatic heterocycles. The van der Waals surface area contributed by atoms with E-state index in [1.165, 1.54) is 103 Å². The zero-order chi connectivity index (χ0) is 16.3. The smallest absolute Gasteiger partial charge is 0.0433 e. The van der Waals surface area contributed by atoms with E-state index in [4.69, 9.17) is 0 Å². The van der Waals surface area contributed by atoms with Crippen LogP contribution in [0.5, 0.6) is 0 Å². The summed E-state index contributed by atoms with van der Waals surface area (Å²) in [5.74, 6) is 0.788. The summed E-state index contributed by atoms with van der Waals surface area (Å²) in [5.41, 5.74) is 0. The van der Waals surface area contributed by atoms with Crippen LogP contribution < -0.4 is 0 Å². The lowest BCUT2D eigenvalue weighted by atomic mass is 9.92. The lowest BCUT2D eigenvalue weighted by Crippen LogP contribution is -2.03. The zero-order valence-electron chi connectivity index (χ0n) is 15.8. The summed E-state index contributed by atoms with van der Waals surface area (Å²) in [4.78, 5) is 0. The van der Waals surface area contributed by atoms with Crippen LogP contribution in [-0.4, -0.2) is 11.7 Å². The third-order valence-electron chi connectivity index (χ3n) is 4.97. The Bertz CT molecular complexity index is 190. The number of rotatable bonds is 18. The van der Waals surface area contributed by atoms with Gasteiger partial charge in [0.15, 0.2) is 0 Å². The van der Waals surface area contributed by atoms with Gasteiger partial charge in [-0.3, -0.25) is 0 Å². The van der Waals surface area contributed by atoms with Crippen molar-refractivity contribution in [3.8, 4) is 0 Å². The predicted octanol–water partition coefficient (Wildman–Crippen LogP) is 7.27. The maximum absolute atomic E-state index is 9.23. The molecule has 0 rings (SSSR count). The molecule has 0 bridgehead atoms. The van der Waals surface area contributed by atoms with Crippen LogP contribution in [0.15, 0.2) is 0 Å². The summed E-state index contributed by atoms with van der Waals surface area (Å²) in [5, 5.41) is 9.23. The van der Waals surface area contributed by atoms with Crippen LogP contribution in [0.25, 0.3) is 0 Å². The number of aliphatic hydroxyl groups is 1. The Kier molecular flexibility index (Phi) is 19.0. The van der Waals surface area contributed by atoms with Gasteiger partial charge in [-0.1, -0.05) is 117 Å². The predicted molar refractivity (Wildman–Crippen MR) is 100 cm³/mol. The van der Waals surface area contributed by atoms with E-state index in [-0.39, 0.29) is 0 Å². The number of unbranched alkanes of at least 4 members (excludes halogenated alkanes) is 12. The monoisotopic (exact) mass is 312 g/mol. The van der Waals surface area contributed by atoms with Gasteiger partial charge >= 0.3 is 0 Å². The van der Waals surface area contributed by atoms with Crippen molar-refractivity contribution in [3.63, 3.8) is 0 Å². The van der Waals surface area contributed by atoms with Crippen molar-refractivity contribution in [3.05, 3.63) is 0 Å². The minimum Gasteiger partial charge on any atom is -0.396 e. The molecule has 0 aromatic carbocycles. The third-order valence-corrected chi connectivity index (χ3v) is 4.97. The average Bonchev–Trinajstić information content (AvgIpc) is 2.53. The zero-order valence-corrected chi connectivity index (χ0v) is 15.8. The van der Waals surface area contributed by atoms with Gasteiger partial charge < -0.3 is 5.11 Å². The Morgan fingerprint density at radius 3 is 1.23 bits per heavy atom. The molecule has 0 fully saturated rings. The molecule has 1 nitrogen and oxygen atoms in total. The summed E-state index contributed by atoms with van der Waals surface area (Å²) in [6, 6.07) is 0. The Morgan fingerprint density at radius 1 is 0.500 bits per heavy atom. The van der Waals surface area contributed by atoms with E-state index in [0.717, 1.165) is 12.3 Å². The van der Waals surface area contributed by atoms with Gasteiger partial charge in [0.1, 0.15) is 0 Å². The second-order valence-corrected chi connectivity index (χ2v) is 7.20. The molecule has 0 aliphatic carbocycles. The van der Waals surface area contributed by atoms with Gasteiger partial charge in [0, 0.05) is 6.61 Å². The quantitative estimate of drug-likeness (QED) is 0.264. The SMILES string of the molecule is CCCCCCCCCC[C@@H](CCO)CCCCCCCC. The molecule has 22 heavy (non-hydrogen) atoms. The first-order valence-corrected chi connectivity index (χ1v) is 10.5. The first-order chi connectivity index (χ1) is 10.8. The maximum atomic E-state index is 9.23. The van der Waals surface area contributed by atoms with Gasteiger partial charge in [-0.15, -0.1) is 0 Å². The molecule has 0 heterocycles. The summed E-state index contributed by atoms with van der Waals surface area (Å²) in [6.45, 7) is 4.95. The van der Waals surface area contributed by atoms with Crippen LogP contribution >= 0.6 is 0 Å². The fourth-order valence-electron chi connectivity index (χ4n) is 3.40. The topological polar surface area (TPSA) is 20.2 Å². The summed E-state index contributed by atoms with van der Waals surface area (Å²) in [7, 11) is 0. The van der Waals surface area contributed by atoms with Crippen molar-refractivity contribution in [1.29, 1.82) is 0 Å². The highest BCUT2D eigenvalue weighted by molar-refractivity contribution is 4.61. The van der Waals surface area contributed by atoms with Crippen LogP contribution in [-0.2, 0) is 0 Å². The van der Waals surface area contributed by atoms with Crippen molar-refractivity contribution >= 4 is 0 Å². The normalized spacial score (nSPS) is 12.7. The van der Waals surface area contributed by atoms with Crippen molar-refractivity contribution in [2.45, 2.75) is 123 Å². The molecule has 0 saturated carbocycles. The summed E-state index contributed by atoms with van der Waals surface area (Å²) in [6.07, 6.45) is 23.4. The Labute approximate surface area is 141 Å². The van der Waals surface area contributed by atoms with Crippen LogP contribution in [0.3, 0.4) is 0 Å². The van der Waals surface area contributed by atoms with E-state index in [9.17, 15) is 5.11 Å². The number of hydrogen-bond donors (Lipinski definition) is 1. The lowest BCUT2D eigenvalue weighted by Gasteiger charge is -2.15. The Morgan fingerprint density at radius 2 is 0.864 bits per heavy atom. The standard InChI is InChI=1S/C21H44O/c1-3-5-7-9-11-12-14-16-18-21(19-20-22)17-15-13-10-8-6-4-2/h21-22H,3-20H2,1-2H3/t21-/m0/s1. The summed E-state index contributed by atoms with van der Waals surface area (Å²) < 4.78 is 0. The highest BCUT2D eigenvalue weighted by atomic mass is 16.3. The number of aliphatic hydroxyl groups excluding tert-OH is 1. The van der Waals surface area contributed by atoms with Crippen LogP contribution in [0.2, 0.25) is 0 Å². The fraction of sp³-hybridized carbons (Fsp3) is 1.00. The van der Waals surface area contributed by atoms with Gasteiger partial charge in [0.05, 0.1) is 0 Å². The van der Waals surface area contributed by atoms with Crippen molar-refractivity contribution in [1.82, 2.24) is 0 Å². The molecule has 1 N–H and O–H groups in total. The van der Waals surface area contributed by atoms with E-state index in [1.807, 2.05) is 0 Å². The van der Waals surface area contributed by atoms with E-state index in [0.29, 0.717) is 6.61 Å². The molecular formula is C21H44O. The average molecular weight is 313 g/mol. The molecule has 0 spiro atoms. The molecule has 1 atom stereocenters. The fourth-order valence-corrected chi connectivity index (χ4v) is 3.40. The van der Waals surface area contributed by atoms with Crippen molar-refractivity contribution < 1.29 is 5.11 Å². The Balaban J connectivity index is 3.43. The Hall–Kier alpha value is -0.0400. The van der Waals surface area contributed by atoms with Gasteiger partial charge in [0.2, 0.25) is 0 Å². The molecule has 0 amide bonds. The van der Waals surface area contributed by atoms with E-state index < -0.39 is 0 Å². The first-order valence-electron chi connectivity index (χ1n) is 10.5. The van der Waals surface area contributed by atoms with Crippen molar-refractivity contribution in [2.75, 3.05) is 6.61 Å². The van der Waals surface area contributed by atoms with Crippen LogP contribution in [0, 0.1) is 5.92 Å². The molecule has 0 aromatic heterocycles. The van der Waals surface area contributed by atoms with E-state index in [1.54, 1.807) is 0 Å². The molecule has 0 radical (unpaired) electrons. The molecule has 0 saturated heterocycles. The van der Waals surface area contributed by atoms with E-state index in [2.05, 4.69) is 13.8 Å². The molecule has 0 aliphatic rings. The summed E-state index contributed by atoms with van der Waals surface area (Å²) >= 11 is 0. The molecular weight excluding hydrogens is 268 g/mol. The number of hydrogen-bond acceptors (Lipinski definition) is 1. The second-order valence-electron chi connectivity index (χ2n) is 7.20. The van der Waals surface area contributed by atoms with Gasteiger partial charge in [-0.05, 0) is 12.3 Å². The minimum absolute atomic E-state index is 0.386. The first kappa shape index (κ1) is 22.0. The molecule has 0 aromatic rings. The maximum Gasteiger partial charge on any atom is 0.0433 e. The van der Waals surface area contributed by atoms with Crippen molar-refractivity contribution in [2.24, 2.45) is 5.92 Å². The van der Waals surface area contributed by atoms with Gasteiger partial charge in [0.25, 0.3) is 0 Å². The van der Waals surface area contributed by atoms with Crippen LogP contribution in [0.1, 0.15) is 123 Å². The highest BCUT2D eigenvalue weighted by Crippen LogP contribution is 2.21. The third kappa shape index (κ3) is 16.3. The molecule has 1 heteroatoms. The van der Waals surface area contributed by atoms with E-state index >= 15 is 0 Å². The lowest BCUT2D eigenvalue weighted by molar-refractivity contribution is 0.241. The van der Waals surface area contributed by atoms with Gasteiger partial charge in [-0.2, -0.15) is 0 Å². The minimum atomic E-state index is 0.386. The molecule has 0 unspecified atom stereocenters. The largest absolute Gasteiger partial charge is 0.396 e. The highest BCUT2D eigenvalue weighted by Gasteiger charge is 2.07. The van der Waals surface area contributed by atoms with Gasteiger partial charge in [-0.25, -0.2) is 0 Å². The second kappa shape index (κ2) is 19.0.